The Morgan fingerprint density at radius 1 is 1.00 bits per heavy atom. The molecule has 0 saturated carbocycles. The van der Waals surface area contributed by atoms with Gasteiger partial charge in [-0.15, -0.1) is 0 Å². The first-order valence-electron chi connectivity index (χ1n) is 9.94. The van der Waals surface area contributed by atoms with Crippen LogP contribution in [-0.4, -0.2) is 12.5 Å². The Morgan fingerprint density at radius 2 is 1.75 bits per heavy atom. The first kappa shape index (κ1) is 21.1. The molecule has 7 heteroatoms. The van der Waals surface area contributed by atoms with Gasteiger partial charge < -0.3 is 19.2 Å². The summed E-state index contributed by atoms with van der Waals surface area (Å²) >= 11 is 0. The van der Waals surface area contributed by atoms with Crippen LogP contribution in [0.4, 0.5) is 4.39 Å². The van der Waals surface area contributed by atoms with Crippen molar-refractivity contribution < 1.29 is 23.1 Å². The molecule has 0 atom stereocenters. The third-order valence-electron chi connectivity index (χ3n) is 4.75. The zero-order valence-corrected chi connectivity index (χ0v) is 17.3. The van der Waals surface area contributed by atoms with E-state index in [2.05, 4.69) is 5.32 Å². The number of para-hydroxylation sites is 1. The van der Waals surface area contributed by atoms with E-state index in [0.29, 0.717) is 33.8 Å². The predicted octanol–water partition coefficient (Wildman–Crippen LogP) is 4.73. The van der Waals surface area contributed by atoms with Gasteiger partial charge in [0.1, 0.15) is 28.7 Å². The molecule has 6 nitrogen and oxygen atoms in total. The molecule has 0 spiro atoms. The van der Waals surface area contributed by atoms with E-state index in [1.54, 1.807) is 55.5 Å². The molecule has 4 rings (SSSR count). The normalized spacial score (nSPS) is 10.7. The number of amides is 1. The van der Waals surface area contributed by atoms with Gasteiger partial charge in [-0.1, -0.05) is 36.4 Å². The lowest BCUT2D eigenvalue weighted by Gasteiger charge is -2.10. The number of ether oxygens (including phenoxy) is 2. The summed E-state index contributed by atoms with van der Waals surface area (Å²) in [6.07, 6.45) is 0. The molecular weight excluding hydrogens is 413 g/mol. The molecule has 0 unspecified atom stereocenters. The molecule has 162 valence electrons. The van der Waals surface area contributed by atoms with Gasteiger partial charge in [-0.2, -0.15) is 0 Å². The average Bonchev–Trinajstić information content (AvgIpc) is 2.80. The van der Waals surface area contributed by atoms with Crippen molar-refractivity contribution in [2.24, 2.45) is 0 Å². The van der Waals surface area contributed by atoms with Crippen molar-refractivity contribution in [1.29, 1.82) is 0 Å². The first-order chi connectivity index (χ1) is 15.5. The molecule has 1 heterocycles. The molecule has 0 bridgehead atoms. The summed E-state index contributed by atoms with van der Waals surface area (Å²) < 4.78 is 30.6. The van der Waals surface area contributed by atoms with E-state index < -0.39 is 5.91 Å². The van der Waals surface area contributed by atoms with Crippen LogP contribution in [0.3, 0.4) is 0 Å². The highest BCUT2D eigenvalue weighted by Crippen LogP contribution is 2.27. The van der Waals surface area contributed by atoms with Crippen LogP contribution in [0, 0.1) is 12.7 Å². The van der Waals surface area contributed by atoms with E-state index in [-0.39, 0.29) is 30.1 Å². The molecule has 0 aliphatic rings. The number of carbonyl (C=O) groups is 1. The number of rotatable bonds is 7. The van der Waals surface area contributed by atoms with Gasteiger partial charge >= 0.3 is 0 Å². The number of nitrogens with one attached hydrogen (secondary N) is 1. The second kappa shape index (κ2) is 9.34. The Balaban J connectivity index is 1.44. The van der Waals surface area contributed by atoms with Crippen molar-refractivity contribution >= 4 is 16.9 Å². The second-order valence-electron chi connectivity index (χ2n) is 7.05. The van der Waals surface area contributed by atoms with Crippen molar-refractivity contribution in [2.45, 2.75) is 13.5 Å². The topological polar surface area (TPSA) is 77.8 Å². The maximum Gasteiger partial charge on any atom is 0.258 e. The second-order valence-corrected chi connectivity index (χ2v) is 7.05. The minimum absolute atomic E-state index is 0.0604. The lowest BCUT2D eigenvalue weighted by atomic mass is 10.2. The molecule has 4 aromatic rings. The van der Waals surface area contributed by atoms with Gasteiger partial charge in [-0.05, 0) is 37.3 Å². The number of hydrogen-bond donors (Lipinski definition) is 1. The van der Waals surface area contributed by atoms with Crippen LogP contribution < -0.4 is 20.2 Å². The molecule has 0 aliphatic heterocycles. The zero-order valence-electron chi connectivity index (χ0n) is 17.3. The Morgan fingerprint density at radius 3 is 2.53 bits per heavy atom. The molecule has 0 radical (unpaired) electrons. The van der Waals surface area contributed by atoms with Gasteiger partial charge in [-0.25, -0.2) is 4.39 Å². The quantitative estimate of drug-likeness (QED) is 0.456. The van der Waals surface area contributed by atoms with Gasteiger partial charge in [0.05, 0.1) is 5.39 Å². The SMILES string of the molecule is Cc1oc2cc(OCC(=O)NCc3ccccc3F)ccc2c(=O)c1Oc1ccccc1. The highest BCUT2D eigenvalue weighted by atomic mass is 19.1. The van der Waals surface area contributed by atoms with E-state index in [9.17, 15) is 14.0 Å². The van der Waals surface area contributed by atoms with Gasteiger partial charge in [0.2, 0.25) is 11.2 Å². The van der Waals surface area contributed by atoms with Crippen molar-refractivity contribution in [1.82, 2.24) is 5.32 Å². The van der Waals surface area contributed by atoms with Crippen LogP contribution in [0.1, 0.15) is 11.3 Å². The van der Waals surface area contributed by atoms with E-state index >= 15 is 0 Å². The van der Waals surface area contributed by atoms with Gasteiger partial charge in [0.15, 0.2) is 6.61 Å². The first-order valence-corrected chi connectivity index (χ1v) is 9.94. The van der Waals surface area contributed by atoms with Crippen molar-refractivity contribution in [3.05, 3.63) is 100 Å². The van der Waals surface area contributed by atoms with Crippen LogP contribution >= 0.6 is 0 Å². The molecule has 1 amide bonds. The molecule has 32 heavy (non-hydrogen) atoms. The van der Waals surface area contributed by atoms with Crippen molar-refractivity contribution in [3.63, 3.8) is 0 Å². The van der Waals surface area contributed by atoms with Crippen molar-refractivity contribution in [3.8, 4) is 17.2 Å². The Kier molecular flexibility index (Phi) is 6.17. The molecule has 3 aromatic carbocycles. The van der Waals surface area contributed by atoms with E-state index in [1.165, 1.54) is 6.07 Å². The standard InChI is InChI=1S/C25H20FNO5/c1-16-25(32-18-8-3-2-4-9-18)24(29)20-12-11-19(13-22(20)31-16)30-15-23(28)27-14-17-7-5-6-10-21(17)26/h2-13H,14-15H2,1H3,(H,27,28). The van der Waals surface area contributed by atoms with Crippen LogP contribution in [-0.2, 0) is 11.3 Å². The number of carbonyl (C=O) groups excluding carboxylic acids is 1. The van der Waals surface area contributed by atoms with Crippen LogP contribution in [0.2, 0.25) is 0 Å². The third-order valence-corrected chi connectivity index (χ3v) is 4.75. The summed E-state index contributed by atoms with van der Waals surface area (Å²) in [7, 11) is 0. The van der Waals surface area contributed by atoms with E-state index in [1.807, 2.05) is 18.2 Å². The molecule has 0 fully saturated rings. The lowest BCUT2D eigenvalue weighted by molar-refractivity contribution is -0.123. The summed E-state index contributed by atoms with van der Waals surface area (Å²) in [5.41, 5.74) is 0.399. The fourth-order valence-electron chi connectivity index (χ4n) is 3.12. The van der Waals surface area contributed by atoms with E-state index in [0.717, 1.165) is 0 Å². The smallest absolute Gasteiger partial charge is 0.258 e. The fraction of sp³-hybridized carbons (Fsp3) is 0.120. The largest absolute Gasteiger partial charge is 0.484 e. The Bertz CT molecular complexity index is 1320. The maximum absolute atomic E-state index is 13.6. The maximum atomic E-state index is 13.6. The van der Waals surface area contributed by atoms with Crippen molar-refractivity contribution in [2.75, 3.05) is 6.61 Å². The number of benzene rings is 3. The molecule has 1 aromatic heterocycles. The zero-order chi connectivity index (χ0) is 22.5. The van der Waals surface area contributed by atoms with Crippen LogP contribution in [0.5, 0.6) is 17.2 Å². The summed E-state index contributed by atoms with van der Waals surface area (Å²) in [6, 6.07) is 19.9. The number of halogens is 1. The fourth-order valence-corrected chi connectivity index (χ4v) is 3.12. The summed E-state index contributed by atoms with van der Waals surface area (Å²) in [6.45, 7) is 1.44. The summed E-state index contributed by atoms with van der Waals surface area (Å²) in [5, 5.41) is 2.93. The number of hydrogen-bond acceptors (Lipinski definition) is 5. The highest BCUT2D eigenvalue weighted by molar-refractivity contribution is 5.80. The minimum atomic E-state index is -0.405. The van der Waals surface area contributed by atoms with E-state index in [4.69, 9.17) is 13.9 Å². The van der Waals surface area contributed by atoms with Gasteiger partial charge in [0, 0.05) is 18.2 Å². The number of aryl methyl sites for hydroxylation is 1. The Hall–Kier alpha value is -4.13. The average molecular weight is 433 g/mol. The van der Waals surface area contributed by atoms with Crippen LogP contribution in [0.15, 0.2) is 82.0 Å². The summed E-state index contributed by atoms with van der Waals surface area (Å²) in [5.74, 6) is 0.541. The highest BCUT2D eigenvalue weighted by Gasteiger charge is 2.15. The minimum Gasteiger partial charge on any atom is -0.484 e. The third kappa shape index (κ3) is 4.78. The van der Waals surface area contributed by atoms with Crippen LogP contribution in [0.25, 0.3) is 11.0 Å². The molecule has 0 aliphatic carbocycles. The summed E-state index contributed by atoms with van der Waals surface area (Å²) in [4.78, 5) is 24.9. The van der Waals surface area contributed by atoms with Gasteiger partial charge in [0.25, 0.3) is 5.91 Å². The molecule has 0 saturated heterocycles. The molecule has 1 N–H and O–H groups in total. The monoisotopic (exact) mass is 433 g/mol. The Labute approximate surface area is 183 Å². The number of fused-ring (bicyclic) bond motifs is 1. The predicted molar refractivity (Wildman–Crippen MR) is 117 cm³/mol. The molecular formula is C25H20FNO5. The lowest BCUT2D eigenvalue weighted by Crippen LogP contribution is -2.28. The van der Waals surface area contributed by atoms with Gasteiger partial charge in [-0.3, -0.25) is 9.59 Å².